The van der Waals surface area contributed by atoms with Gasteiger partial charge in [-0.05, 0) is 50.6 Å². The predicted molar refractivity (Wildman–Crippen MR) is 75.6 cm³/mol. The molecule has 18 heavy (non-hydrogen) atoms. The van der Waals surface area contributed by atoms with E-state index < -0.39 is 0 Å². The lowest BCUT2D eigenvalue weighted by Gasteiger charge is -2.26. The molecule has 1 aliphatic rings. The molecule has 0 atom stereocenters. The molecule has 0 spiro atoms. The van der Waals surface area contributed by atoms with Crippen LogP contribution in [0.3, 0.4) is 0 Å². The fourth-order valence-electron chi connectivity index (χ4n) is 2.91. The number of likely N-dealkylation sites (tertiary alicyclic amines) is 1. The molecular formula is C16H20N2. The first-order valence-electron chi connectivity index (χ1n) is 6.89. The number of aromatic nitrogens is 1. The van der Waals surface area contributed by atoms with Crippen LogP contribution in [0.5, 0.6) is 0 Å². The van der Waals surface area contributed by atoms with Crippen molar-refractivity contribution >= 4 is 10.9 Å². The van der Waals surface area contributed by atoms with E-state index >= 15 is 0 Å². The number of hydrogen-bond donors (Lipinski definition) is 0. The summed E-state index contributed by atoms with van der Waals surface area (Å²) in [7, 11) is 0. The number of fused-ring (bicyclic) bond motifs is 1. The fraction of sp³-hybridized carbons (Fsp3) is 0.438. The van der Waals surface area contributed by atoms with Crippen molar-refractivity contribution in [1.29, 1.82) is 0 Å². The number of pyridine rings is 1. The van der Waals surface area contributed by atoms with Crippen LogP contribution in [0.1, 0.15) is 30.4 Å². The van der Waals surface area contributed by atoms with E-state index in [0.717, 1.165) is 6.54 Å². The van der Waals surface area contributed by atoms with Crippen LogP contribution in [0.4, 0.5) is 0 Å². The summed E-state index contributed by atoms with van der Waals surface area (Å²) in [6.45, 7) is 5.70. The van der Waals surface area contributed by atoms with Crippen molar-refractivity contribution in [3.8, 4) is 0 Å². The van der Waals surface area contributed by atoms with Gasteiger partial charge in [-0.15, -0.1) is 0 Å². The van der Waals surface area contributed by atoms with Crippen LogP contribution in [0.2, 0.25) is 0 Å². The van der Waals surface area contributed by atoms with Crippen molar-refractivity contribution in [2.75, 3.05) is 13.1 Å². The average Bonchev–Trinajstić information content (AvgIpc) is 2.40. The van der Waals surface area contributed by atoms with Gasteiger partial charge in [-0.1, -0.05) is 24.1 Å². The van der Waals surface area contributed by atoms with Crippen LogP contribution in [0.25, 0.3) is 10.9 Å². The van der Waals surface area contributed by atoms with Gasteiger partial charge in [-0.3, -0.25) is 9.88 Å². The quantitative estimate of drug-likeness (QED) is 0.798. The van der Waals surface area contributed by atoms with E-state index in [2.05, 4.69) is 35.0 Å². The molecular weight excluding hydrogens is 220 g/mol. The van der Waals surface area contributed by atoms with Crippen LogP contribution < -0.4 is 0 Å². The number of benzene rings is 1. The molecule has 0 bridgehead atoms. The SMILES string of the molecule is Cc1cc(CN2CCCCC2)c2ncccc2c1. The van der Waals surface area contributed by atoms with Crippen LogP contribution in [-0.2, 0) is 6.54 Å². The van der Waals surface area contributed by atoms with Crippen molar-refractivity contribution in [2.45, 2.75) is 32.7 Å². The molecule has 0 N–H and O–H groups in total. The lowest BCUT2D eigenvalue weighted by Crippen LogP contribution is -2.29. The van der Waals surface area contributed by atoms with E-state index in [1.807, 2.05) is 12.3 Å². The van der Waals surface area contributed by atoms with E-state index in [-0.39, 0.29) is 0 Å². The average molecular weight is 240 g/mol. The Morgan fingerprint density at radius 1 is 1.17 bits per heavy atom. The van der Waals surface area contributed by atoms with Gasteiger partial charge < -0.3 is 0 Å². The Morgan fingerprint density at radius 3 is 2.83 bits per heavy atom. The van der Waals surface area contributed by atoms with Gasteiger partial charge in [0.2, 0.25) is 0 Å². The summed E-state index contributed by atoms with van der Waals surface area (Å²) in [6.07, 6.45) is 5.98. The maximum absolute atomic E-state index is 4.56. The third-order valence-electron chi connectivity index (χ3n) is 3.77. The highest BCUT2D eigenvalue weighted by molar-refractivity contribution is 5.82. The Hall–Kier alpha value is -1.41. The van der Waals surface area contributed by atoms with Crippen molar-refractivity contribution in [1.82, 2.24) is 9.88 Å². The molecule has 0 amide bonds. The Labute approximate surface area is 109 Å². The highest BCUT2D eigenvalue weighted by atomic mass is 15.1. The molecule has 3 rings (SSSR count). The fourth-order valence-corrected chi connectivity index (χ4v) is 2.91. The van der Waals surface area contributed by atoms with E-state index in [1.54, 1.807) is 0 Å². The smallest absolute Gasteiger partial charge is 0.0747 e. The Bertz CT molecular complexity index is 542. The molecule has 1 aliphatic heterocycles. The number of aryl methyl sites for hydroxylation is 1. The molecule has 1 saturated heterocycles. The highest BCUT2D eigenvalue weighted by Crippen LogP contribution is 2.21. The summed E-state index contributed by atoms with van der Waals surface area (Å²) in [4.78, 5) is 7.12. The molecule has 0 saturated carbocycles. The first-order valence-corrected chi connectivity index (χ1v) is 6.89. The first kappa shape index (κ1) is 11.7. The minimum Gasteiger partial charge on any atom is -0.299 e. The minimum atomic E-state index is 1.05. The molecule has 2 heteroatoms. The van der Waals surface area contributed by atoms with Gasteiger partial charge >= 0.3 is 0 Å². The van der Waals surface area contributed by atoms with Gasteiger partial charge in [0.1, 0.15) is 0 Å². The van der Waals surface area contributed by atoms with E-state index in [1.165, 1.54) is 54.4 Å². The maximum Gasteiger partial charge on any atom is 0.0747 e. The largest absolute Gasteiger partial charge is 0.299 e. The zero-order chi connectivity index (χ0) is 12.4. The van der Waals surface area contributed by atoms with Crippen LogP contribution >= 0.6 is 0 Å². The van der Waals surface area contributed by atoms with Gasteiger partial charge in [-0.25, -0.2) is 0 Å². The van der Waals surface area contributed by atoms with Gasteiger partial charge in [-0.2, -0.15) is 0 Å². The lowest BCUT2D eigenvalue weighted by atomic mass is 10.0. The third-order valence-corrected chi connectivity index (χ3v) is 3.77. The number of rotatable bonds is 2. The summed E-state index contributed by atoms with van der Waals surface area (Å²) in [6, 6.07) is 8.70. The van der Waals surface area contributed by atoms with Gasteiger partial charge in [0.25, 0.3) is 0 Å². The Kier molecular flexibility index (Phi) is 3.28. The molecule has 1 aromatic carbocycles. The van der Waals surface area contributed by atoms with Crippen molar-refractivity contribution < 1.29 is 0 Å². The Balaban J connectivity index is 1.94. The molecule has 1 fully saturated rings. The van der Waals surface area contributed by atoms with E-state index in [9.17, 15) is 0 Å². The summed E-state index contributed by atoms with van der Waals surface area (Å²) in [5.74, 6) is 0. The summed E-state index contributed by atoms with van der Waals surface area (Å²) >= 11 is 0. The first-order chi connectivity index (χ1) is 8.83. The van der Waals surface area contributed by atoms with Crippen molar-refractivity contribution in [3.05, 3.63) is 41.6 Å². The second kappa shape index (κ2) is 5.07. The Morgan fingerprint density at radius 2 is 2.00 bits per heavy atom. The lowest BCUT2D eigenvalue weighted by molar-refractivity contribution is 0.221. The second-order valence-corrected chi connectivity index (χ2v) is 5.34. The number of nitrogens with zero attached hydrogens (tertiary/aromatic N) is 2. The van der Waals surface area contributed by atoms with Crippen molar-refractivity contribution in [3.63, 3.8) is 0 Å². The summed E-state index contributed by atoms with van der Waals surface area (Å²) < 4.78 is 0. The van der Waals surface area contributed by atoms with Crippen LogP contribution in [0, 0.1) is 6.92 Å². The van der Waals surface area contributed by atoms with E-state index in [4.69, 9.17) is 0 Å². The zero-order valence-corrected chi connectivity index (χ0v) is 11.0. The third kappa shape index (κ3) is 2.39. The summed E-state index contributed by atoms with van der Waals surface area (Å²) in [5.41, 5.74) is 3.89. The molecule has 2 heterocycles. The maximum atomic E-state index is 4.56. The normalized spacial score (nSPS) is 17.2. The monoisotopic (exact) mass is 240 g/mol. The summed E-state index contributed by atoms with van der Waals surface area (Å²) in [5, 5.41) is 1.27. The van der Waals surface area contributed by atoms with Crippen molar-refractivity contribution in [2.24, 2.45) is 0 Å². The standard InChI is InChI=1S/C16H20N2/c1-13-10-14-6-5-7-17-16(14)15(11-13)12-18-8-3-2-4-9-18/h5-7,10-11H,2-4,8-9,12H2,1H3. The van der Waals surface area contributed by atoms with E-state index in [0.29, 0.717) is 0 Å². The van der Waals surface area contributed by atoms with Gasteiger partial charge in [0.15, 0.2) is 0 Å². The molecule has 0 unspecified atom stereocenters. The predicted octanol–water partition coefficient (Wildman–Crippen LogP) is 3.53. The topological polar surface area (TPSA) is 16.1 Å². The number of piperidine rings is 1. The highest BCUT2D eigenvalue weighted by Gasteiger charge is 2.12. The minimum absolute atomic E-state index is 1.05. The molecule has 94 valence electrons. The second-order valence-electron chi connectivity index (χ2n) is 5.34. The molecule has 2 nitrogen and oxygen atoms in total. The van der Waals surface area contributed by atoms with Gasteiger partial charge in [0, 0.05) is 18.1 Å². The molecule has 1 aromatic heterocycles. The molecule has 2 aromatic rings. The van der Waals surface area contributed by atoms with Crippen LogP contribution in [0.15, 0.2) is 30.5 Å². The number of hydrogen-bond acceptors (Lipinski definition) is 2. The molecule has 0 radical (unpaired) electrons. The van der Waals surface area contributed by atoms with Gasteiger partial charge in [0.05, 0.1) is 5.52 Å². The molecule has 0 aliphatic carbocycles. The zero-order valence-electron chi connectivity index (χ0n) is 11.0. The van der Waals surface area contributed by atoms with Crippen LogP contribution in [-0.4, -0.2) is 23.0 Å².